The highest BCUT2D eigenvalue weighted by Gasteiger charge is 2.10. The van der Waals surface area contributed by atoms with Crippen molar-refractivity contribution in [2.24, 2.45) is 0 Å². The Balaban J connectivity index is 1.65. The highest BCUT2D eigenvalue weighted by atomic mass is 32.1. The van der Waals surface area contributed by atoms with Gasteiger partial charge < -0.3 is 10.1 Å². The summed E-state index contributed by atoms with van der Waals surface area (Å²) in [4.78, 5) is 17.5. The van der Waals surface area contributed by atoms with Crippen LogP contribution < -0.4 is 5.32 Å². The normalized spacial score (nSPS) is 11.1. The lowest BCUT2D eigenvalue weighted by atomic mass is 10.2. The molecule has 3 aromatic rings. The van der Waals surface area contributed by atoms with Gasteiger partial charge in [0.1, 0.15) is 16.6 Å². The van der Waals surface area contributed by atoms with Crippen LogP contribution in [0.15, 0.2) is 53.4 Å². The number of carbonyl (C=O) groups excluding carboxylic acids is 1. The quantitative estimate of drug-likeness (QED) is 0.289. The number of unbranched alkanes of at least 4 members (excludes halogenated alkanes) is 1. The number of thiazole rings is 1. The number of carbonyl (C=O) groups is 1. The molecule has 1 N–H and O–H groups in total. The SMILES string of the molecule is CCCCOC(=O)c1ccc(NC=C(C#N)c2nc(-c3cccs3)cs2)cc1. The largest absolute Gasteiger partial charge is 0.462 e. The summed E-state index contributed by atoms with van der Waals surface area (Å²) in [6.45, 7) is 2.48. The molecule has 2 aromatic heterocycles. The molecule has 0 aliphatic carbocycles. The fourth-order valence-electron chi connectivity index (χ4n) is 2.33. The van der Waals surface area contributed by atoms with Gasteiger partial charge in [0, 0.05) is 17.3 Å². The van der Waals surface area contributed by atoms with Crippen LogP contribution in [0.1, 0.15) is 35.1 Å². The number of hydrogen-bond donors (Lipinski definition) is 1. The first-order valence-electron chi connectivity index (χ1n) is 8.85. The number of nitrogens with one attached hydrogen (secondary N) is 1. The maximum atomic E-state index is 11.9. The molecular formula is C21H19N3O2S2. The van der Waals surface area contributed by atoms with Gasteiger partial charge in [-0.05, 0) is 42.1 Å². The first-order chi connectivity index (χ1) is 13.7. The van der Waals surface area contributed by atoms with Gasteiger partial charge in [-0.1, -0.05) is 19.4 Å². The molecule has 2 heterocycles. The lowest BCUT2D eigenvalue weighted by molar-refractivity contribution is 0.0500. The molecule has 0 atom stereocenters. The van der Waals surface area contributed by atoms with Gasteiger partial charge in [-0.2, -0.15) is 5.26 Å². The van der Waals surface area contributed by atoms with E-state index in [9.17, 15) is 10.1 Å². The lowest BCUT2D eigenvalue weighted by Crippen LogP contribution is -2.06. The maximum absolute atomic E-state index is 11.9. The van der Waals surface area contributed by atoms with Crippen LogP contribution in [0.4, 0.5) is 5.69 Å². The van der Waals surface area contributed by atoms with Crippen molar-refractivity contribution in [2.75, 3.05) is 11.9 Å². The van der Waals surface area contributed by atoms with Gasteiger partial charge in [0.05, 0.1) is 22.7 Å². The smallest absolute Gasteiger partial charge is 0.338 e. The molecule has 0 aliphatic heterocycles. The molecule has 0 saturated heterocycles. The van der Waals surface area contributed by atoms with Crippen molar-refractivity contribution >= 4 is 39.9 Å². The summed E-state index contributed by atoms with van der Waals surface area (Å²) in [6, 6.07) is 13.1. The van der Waals surface area contributed by atoms with E-state index in [-0.39, 0.29) is 5.97 Å². The molecule has 0 saturated carbocycles. The molecule has 0 fully saturated rings. The Morgan fingerprint density at radius 2 is 2.11 bits per heavy atom. The number of nitriles is 1. The number of esters is 1. The zero-order valence-electron chi connectivity index (χ0n) is 15.3. The topological polar surface area (TPSA) is 75.0 Å². The van der Waals surface area contributed by atoms with E-state index in [2.05, 4.69) is 16.4 Å². The molecule has 0 amide bonds. The first-order valence-corrected chi connectivity index (χ1v) is 10.6. The van der Waals surface area contributed by atoms with E-state index in [1.54, 1.807) is 41.8 Å². The van der Waals surface area contributed by atoms with E-state index >= 15 is 0 Å². The average Bonchev–Trinajstić information content (AvgIpc) is 3.41. The fourth-order valence-corrected chi connectivity index (χ4v) is 3.87. The predicted octanol–water partition coefficient (Wildman–Crippen LogP) is 5.81. The zero-order chi connectivity index (χ0) is 19.8. The third kappa shape index (κ3) is 5.06. The van der Waals surface area contributed by atoms with Crippen molar-refractivity contribution in [3.05, 3.63) is 63.9 Å². The van der Waals surface area contributed by atoms with Gasteiger partial charge in [-0.15, -0.1) is 22.7 Å². The van der Waals surface area contributed by atoms with Crippen LogP contribution in [-0.4, -0.2) is 17.6 Å². The van der Waals surface area contributed by atoms with Crippen LogP contribution >= 0.6 is 22.7 Å². The van der Waals surface area contributed by atoms with Gasteiger partial charge >= 0.3 is 5.97 Å². The lowest BCUT2D eigenvalue weighted by Gasteiger charge is -2.05. The number of thiophene rings is 1. The van der Waals surface area contributed by atoms with Crippen LogP contribution in [0, 0.1) is 11.3 Å². The Morgan fingerprint density at radius 1 is 1.29 bits per heavy atom. The van der Waals surface area contributed by atoms with Crippen molar-refractivity contribution < 1.29 is 9.53 Å². The number of rotatable bonds is 8. The number of anilines is 1. The Morgan fingerprint density at radius 3 is 2.79 bits per heavy atom. The van der Waals surface area contributed by atoms with Gasteiger partial charge in [0.25, 0.3) is 0 Å². The monoisotopic (exact) mass is 409 g/mol. The summed E-state index contributed by atoms with van der Waals surface area (Å²) in [5.41, 5.74) is 2.61. The minimum Gasteiger partial charge on any atom is -0.462 e. The molecule has 0 spiro atoms. The van der Waals surface area contributed by atoms with Crippen molar-refractivity contribution in [2.45, 2.75) is 19.8 Å². The van der Waals surface area contributed by atoms with E-state index in [0.29, 0.717) is 22.8 Å². The van der Waals surface area contributed by atoms with Crippen LogP contribution in [0.3, 0.4) is 0 Å². The number of allylic oxidation sites excluding steroid dienone is 1. The summed E-state index contributed by atoms with van der Waals surface area (Å²) in [7, 11) is 0. The van der Waals surface area contributed by atoms with Crippen molar-refractivity contribution in [1.29, 1.82) is 5.26 Å². The number of aromatic nitrogens is 1. The standard InChI is InChI=1S/C21H19N3O2S2/c1-2-3-10-26-21(25)15-6-8-17(9-7-15)23-13-16(12-22)20-24-18(14-28-20)19-5-4-11-27-19/h4-9,11,13-14,23H,2-3,10H2,1H3. The van der Waals surface area contributed by atoms with Gasteiger partial charge in [-0.25, -0.2) is 9.78 Å². The molecule has 1 aromatic carbocycles. The molecule has 142 valence electrons. The third-order valence-electron chi connectivity index (χ3n) is 3.86. The van der Waals surface area contributed by atoms with E-state index in [0.717, 1.165) is 29.1 Å². The van der Waals surface area contributed by atoms with Crippen molar-refractivity contribution in [3.8, 4) is 16.6 Å². The summed E-state index contributed by atoms with van der Waals surface area (Å²) in [5.74, 6) is -0.322. The van der Waals surface area contributed by atoms with Gasteiger partial charge in [0.2, 0.25) is 0 Å². The van der Waals surface area contributed by atoms with Crippen molar-refractivity contribution in [3.63, 3.8) is 0 Å². The van der Waals surface area contributed by atoms with Gasteiger partial charge in [-0.3, -0.25) is 0 Å². The average molecular weight is 410 g/mol. The number of hydrogen-bond acceptors (Lipinski definition) is 7. The Labute approximate surface area is 171 Å². The van der Waals surface area contributed by atoms with Gasteiger partial charge in [0.15, 0.2) is 0 Å². The molecule has 0 unspecified atom stereocenters. The Kier molecular flexibility index (Phi) is 6.95. The Bertz CT molecular complexity index is 984. The minimum absolute atomic E-state index is 0.322. The van der Waals surface area contributed by atoms with Crippen molar-refractivity contribution in [1.82, 2.24) is 4.98 Å². The second-order valence-electron chi connectivity index (χ2n) is 5.90. The number of nitrogens with zero attached hydrogens (tertiary/aromatic N) is 2. The second-order valence-corrected chi connectivity index (χ2v) is 7.70. The van der Waals surface area contributed by atoms with Crippen LogP contribution in [0.25, 0.3) is 16.1 Å². The predicted molar refractivity (Wildman–Crippen MR) is 114 cm³/mol. The molecule has 0 radical (unpaired) electrons. The first kappa shape index (κ1) is 19.8. The summed E-state index contributed by atoms with van der Waals surface area (Å²) in [5, 5.41) is 17.2. The summed E-state index contributed by atoms with van der Waals surface area (Å²) >= 11 is 3.05. The zero-order valence-corrected chi connectivity index (χ0v) is 17.0. The Hall–Kier alpha value is -2.95. The van der Waals surface area contributed by atoms with E-state index in [4.69, 9.17) is 4.74 Å². The van der Waals surface area contributed by atoms with E-state index in [1.165, 1.54) is 11.3 Å². The molecule has 5 nitrogen and oxygen atoms in total. The molecule has 7 heteroatoms. The fraction of sp³-hybridized carbons (Fsp3) is 0.190. The maximum Gasteiger partial charge on any atom is 0.338 e. The van der Waals surface area contributed by atoms with E-state index < -0.39 is 0 Å². The molecular weight excluding hydrogens is 390 g/mol. The highest BCUT2D eigenvalue weighted by molar-refractivity contribution is 7.14. The molecule has 0 aliphatic rings. The second kappa shape index (κ2) is 9.83. The van der Waals surface area contributed by atoms with E-state index in [1.807, 2.05) is 29.8 Å². The number of ether oxygens (including phenoxy) is 1. The minimum atomic E-state index is -0.322. The van der Waals surface area contributed by atoms with Crippen LogP contribution in [0.5, 0.6) is 0 Å². The summed E-state index contributed by atoms with van der Waals surface area (Å²) < 4.78 is 5.19. The third-order valence-corrected chi connectivity index (χ3v) is 5.63. The molecule has 3 rings (SSSR count). The molecule has 0 bridgehead atoms. The number of benzene rings is 1. The van der Waals surface area contributed by atoms with Crippen LogP contribution in [-0.2, 0) is 4.74 Å². The van der Waals surface area contributed by atoms with Crippen LogP contribution in [0.2, 0.25) is 0 Å². The summed E-state index contributed by atoms with van der Waals surface area (Å²) in [6.07, 6.45) is 3.47. The molecule has 28 heavy (non-hydrogen) atoms. The highest BCUT2D eigenvalue weighted by Crippen LogP contribution is 2.28.